The summed E-state index contributed by atoms with van der Waals surface area (Å²) < 4.78 is 7.46. The molecule has 28 heavy (non-hydrogen) atoms. The molecule has 1 amide bonds. The fraction of sp³-hybridized carbons (Fsp3) is 0.850. The van der Waals surface area contributed by atoms with Crippen molar-refractivity contribution in [3.05, 3.63) is 12.2 Å². The number of carbonyl (C=O) groups is 1. The minimum Gasteiger partial charge on any atom is -0.379 e. The van der Waals surface area contributed by atoms with Crippen molar-refractivity contribution >= 4 is 5.91 Å². The van der Waals surface area contributed by atoms with Crippen LogP contribution in [0.4, 0.5) is 0 Å². The van der Waals surface area contributed by atoms with E-state index in [1.165, 1.54) is 13.0 Å². The van der Waals surface area contributed by atoms with E-state index in [0.29, 0.717) is 12.5 Å². The molecule has 8 nitrogen and oxygen atoms in total. The van der Waals surface area contributed by atoms with Crippen LogP contribution in [0.15, 0.2) is 6.33 Å². The van der Waals surface area contributed by atoms with Gasteiger partial charge in [0.05, 0.1) is 19.8 Å². The number of amides is 1. The van der Waals surface area contributed by atoms with Crippen molar-refractivity contribution in [2.45, 2.75) is 39.3 Å². The number of rotatable bonds is 8. The third-order valence-corrected chi connectivity index (χ3v) is 6.72. The van der Waals surface area contributed by atoms with Crippen LogP contribution in [0.25, 0.3) is 0 Å². The number of aryl methyl sites for hydroxylation is 1. The number of morpholine rings is 1. The first-order valence-electron chi connectivity index (χ1n) is 10.9. The lowest BCUT2D eigenvalue weighted by Crippen LogP contribution is -2.55. The molecule has 3 fully saturated rings. The molecule has 1 aromatic heterocycles. The Hall–Kier alpha value is -1.51. The lowest BCUT2D eigenvalue weighted by molar-refractivity contribution is -0.137. The number of fused-ring (bicyclic) bond motifs is 1. The van der Waals surface area contributed by atoms with E-state index in [1.54, 1.807) is 6.33 Å². The maximum absolute atomic E-state index is 12.7. The largest absolute Gasteiger partial charge is 0.379 e. The third-order valence-electron chi connectivity index (χ3n) is 6.72. The van der Waals surface area contributed by atoms with Gasteiger partial charge in [-0.2, -0.15) is 0 Å². The molecule has 1 aromatic rings. The second-order valence-corrected chi connectivity index (χ2v) is 8.47. The lowest BCUT2D eigenvalue weighted by Gasteiger charge is -2.50. The van der Waals surface area contributed by atoms with Gasteiger partial charge in [-0.1, -0.05) is 6.92 Å². The van der Waals surface area contributed by atoms with E-state index in [2.05, 4.69) is 32.2 Å². The Kier molecular flexibility index (Phi) is 6.59. The van der Waals surface area contributed by atoms with Gasteiger partial charge in [0.2, 0.25) is 5.91 Å². The standard InChI is InChI=1S/C20H34N6O2/c1-2-4-26-15-22-23-19(26)13-21-20(27)17-12-16-3-5-25(14-18(16)17)7-6-24-8-10-28-11-9-24/h15-18H,2-14H2,1H3,(H,21,27)/t16-,17-,18-/m1/s1. The maximum Gasteiger partial charge on any atom is 0.223 e. The van der Waals surface area contributed by atoms with Gasteiger partial charge in [-0.05, 0) is 37.6 Å². The number of piperidine rings is 1. The van der Waals surface area contributed by atoms with Crippen molar-refractivity contribution in [1.29, 1.82) is 0 Å². The number of aromatic nitrogens is 3. The van der Waals surface area contributed by atoms with E-state index in [0.717, 1.165) is 77.1 Å². The fourth-order valence-corrected chi connectivity index (χ4v) is 4.91. The second-order valence-electron chi connectivity index (χ2n) is 8.47. The summed E-state index contributed by atoms with van der Waals surface area (Å²) in [5.41, 5.74) is 0. The van der Waals surface area contributed by atoms with E-state index in [9.17, 15) is 4.79 Å². The van der Waals surface area contributed by atoms with Crippen molar-refractivity contribution in [2.24, 2.45) is 17.8 Å². The van der Waals surface area contributed by atoms with Crippen molar-refractivity contribution in [3.63, 3.8) is 0 Å². The molecule has 3 heterocycles. The van der Waals surface area contributed by atoms with Crippen LogP contribution in [0, 0.1) is 17.8 Å². The van der Waals surface area contributed by atoms with Crippen LogP contribution >= 0.6 is 0 Å². The Morgan fingerprint density at radius 3 is 2.86 bits per heavy atom. The molecule has 4 rings (SSSR count). The molecule has 1 N–H and O–H groups in total. The minimum atomic E-state index is 0.165. The van der Waals surface area contributed by atoms with E-state index in [4.69, 9.17) is 4.74 Å². The van der Waals surface area contributed by atoms with Gasteiger partial charge >= 0.3 is 0 Å². The maximum atomic E-state index is 12.7. The zero-order valence-electron chi connectivity index (χ0n) is 17.1. The average molecular weight is 391 g/mol. The second kappa shape index (κ2) is 9.33. The molecule has 0 bridgehead atoms. The molecular formula is C20H34N6O2. The van der Waals surface area contributed by atoms with Gasteiger partial charge in [0.25, 0.3) is 0 Å². The normalized spacial score (nSPS) is 28.5. The van der Waals surface area contributed by atoms with Crippen LogP contribution in [-0.4, -0.2) is 83.0 Å². The van der Waals surface area contributed by atoms with E-state index >= 15 is 0 Å². The minimum absolute atomic E-state index is 0.165. The number of ether oxygens (including phenoxy) is 1. The van der Waals surface area contributed by atoms with Crippen molar-refractivity contribution in [1.82, 2.24) is 29.9 Å². The first-order valence-corrected chi connectivity index (χ1v) is 10.9. The summed E-state index contributed by atoms with van der Waals surface area (Å²) in [4.78, 5) is 17.8. The molecule has 3 aliphatic rings. The van der Waals surface area contributed by atoms with Crippen LogP contribution in [0.1, 0.15) is 32.0 Å². The Morgan fingerprint density at radius 1 is 1.21 bits per heavy atom. The Morgan fingerprint density at radius 2 is 2.04 bits per heavy atom. The van der Waals surface area contributed by atoms with Gasteiger partial charge in [0, 0.05) is 45.2 Å². The van der Waals surface area contributed by atoms with Gasteiger partial charge in [-0.3, -0.25) is 9.69 Å². The number of nitrogens with one attached hydrogen (secondary N) is 1. The zero-order chi connectivity index (χ0) is 19.3. The topological polar surface area (TPSA) is 75.5 Å². The molecule has 8 heteroatoms. The molecule has 1 aliphatic carbocycles. The van der Waals surface area contributed by atoms with Crippen LogP contribution in [-0.2, 0) is 22.6 Å². The predicted molar refractivity (Wildman–Crippen MR) is 106 cm³/mol. The molecule has 2 saturated heterocycles. The summed E-state index contributed by atoms with van der Waals surface area (Å²) >= 11 is 0. The summed E-state index contributed by atoms with van der Waals surface area (Å²) in [6, 6.07) is 0. The Balaban J connectivity index is 1.22. The molecular weight excluding hydrogens is 356 g/mol. The first kappa shape index (κ1) is 19.8. The monoisotopic (exact) mass is 390 g/mol. The quantitative estimate of drug-likeness (QED) is 0.700. The smallest absolute Gasteiger partial charge is 0.223 e. The fourth-order valence-electron chi connectivity index (χ4n) is 4.91. The van der Waals surface area contributed by atoms with Crippen molar-refractivity contribution < 1.29 is 9.53 Å². The molecule has 0 unspecified atom stereocenters. The Bertz CT molecular complexity index is 644. The predicted octanol–water partition coefficient (Wildman–Crippen LogP) is 0.595. The number of nitrogens with zero attached hydrogens (tertiary/aromatic N) is 5. The third kappa shape index (κ3) is 4.55. The van der Waals surface area contributed by atoms with Crippen molar-refractivity contribution in [3.8, 4) is 0 Å². The molecule has 156 valence electrons. The number of carbonyl (C=O) groups excluding carboxylic acids is 1. The number of hydrogen-bond acceptors (Lipinski definition) is 6. The van der Waals surface area contributed by atoms with Crippen LogP contribution in [0.5, 0.6) is 0 Å². The lowest BCUT2D eigenvalue weighted by atomic mass is 9.61. The van der Waals surface area contributed by atoms with Gasteiger partial charge in [0.15, 0.2) is 5.82 Å². The number of likely N-dealkylation sites (tertiary alicyclic amines) is 1. The highest BCUT2D eigenvalue weighted by molar-refractivity contribution is 5.80. The molecule has 2 aliphatic heterocycles. The highest BCUT2D eigenvalue weighted by Crippen LogP contribution is 2.45. The molecule has 0 spiro atoms. The number of hydrogen-bond donors (Lipinski definition) is 1. The van der Waals surface area contributed by atoms with Crippen LogP contribution in [0.2, 0.25) is 0 Å². The zero-order valence-corrected chi connectivity index (χ0v) is 17.1. The molecule has 1 saturated carbocycles. The van der Waals surface area contributed by atoms with Gasteiger partial charge in [-0.25, -0.2) is 0 Å². The average Bonchev–Trinajstić information content (AvgIpc) is 3.14. The van der Waals surface area contributed by atoms with Crippen LogP contribution < -0.4 is 5.32 Å². The van der Waals surface area contributed by atoms with Crippen LogP contribution in [0.3, 0.4) is 0 Å². The summed E-state index contributed by atoms with van der Waals surface area (Å²) in [5, 5.41) is 11.2. The van der Waals surface area contributed by atoms with E-state index in [-0.39, 0.29) is 11.8 Å². The Labute approximate surface area is 167 Å². The summed E-state index contributed by atoms with van der Waals surface area (Å²) in [7, 11) is 0. The molecule has 0 aromatic carbocycles. The van der Waals surface area contributed by atoms with E-state index in [1.807, 2.05) is 4.57 Å². The molecule has 0 radical (unpaired) electrons. The highest BCUT2D eigenvalue weighted by atomic mass is 16.5. The first-order chi connectivity index (χ1) is 13.7. The summed E-state index contributed by atoms with van der Waals surface area (Å²) in [6.45, 7) is 11.8. The SMILES string of the molecule is CCCn1cnnc1CNC(=O)[C@@H]1C[C@H]2CCN(CCN3CCOCC3)C[C@H]21. The summed E-state index contributed by atoms with van der Waals surface area (Å²) in [6.07, 6.45) is 5.07. The van der Waals surface area contributed by atoms with Gasteiger partial charge in [0.1, 0.15) is 6.33 Å². The molecule has 3 atom stereocenters. The van der Waals surface area contributed by atoms with Gasteiger partial charge < -0.3 is 19.5 Å². The summed E-state index contributed by atoms with van der Waals surface area (Å²) in [5.74, 6) is 2.47. The van der Waals surface area contributed by atoms with Crippen molar-refractivity contribution in [2.75, 3.05) is 52.5 Å². The van der Waals surface area contributed by atoms with E-state index < -0.39 is 0 Å². The highest BCUT2D eigenvalue weighted by Gasteiger charge is 2.47. The van der Waals surface area contributed by atoms with Gasteiger partial charge in [-0.15, -0.1) is 10.2 Å².